The summed E-state index contributed by atoms with van der Waals surface area (Å²) in [6, 6.07) is 0. The molecule has 1 fully saturated rings. The molecule has 12 heavy (non-hydrogen) atoms. The molecule has 1 aliphatic rings. The fourth-order valence-electron chi connectivity index (χ4n) is 0.440. The highest BCUT2D eigenvalue weighted by Gasteiger charge is 1.94. The van der Waals surface area contributed by atoms with Crippen molar-refractivity contribution in [2.75, 3.05) is 26.4 Å². The zero-order valence-electron chi connectivity index (χ0n) is 8.64. The summed E-state index contributed by atoms with van der Waals surface area (Å²) in [5, 5.41) is 0. The van der Waals surface area contributed by atoms with E-state index in [1.165, 1.54) is 11.1 Å². The molecule has 0 N–H and O–H groups in total. The Bertz CT molecular complexity index is 105. The first-order chi connectivity index (χ1) is 5.64. The molecule has 1 saturated heterocycles. The maximum atomic E-state index is 4.94. The molecule has 0 saturated carbocycles. The Balaban J connectivity index is 0.000000202. The number of allylic oxidation sites excluding steroid dienone is 2. The lowest BCUT2D eigenvalue weighted by molar-refractivity contribution is -0.0334. The first-order valence-electron chi connectivity index (χ1n) is 4.40. The Morgan fingerprint density at radius 2 is 0.917 bits per heavy atom. The van der Waals surface area contributed by atoms with Gasteiger partial charge in [-0.25, -0.2) is 0 Å². The molecule has 0 radical (unpaired) electrons. The molecule has 2 nitrogen and oxygen atoms in total. The summed E-state index contributed by atoms with van der Waals surface area (Å²) in [5.41, 5.74) is 2.85. The van der Waals surface area contributed by atoms with Crippen LogP contribution >= 0.6 is 0 Å². The fourth-order valence-corrected chi connectivity index (χ4v) is 0.440. The van der Waals surface area contributed by atoms with Crippen LogP contribution in [0.2, 0.25) is 0 Å². The van der Waals surface area contributed by atoms with Crippen molar-refractivity contribution in [3.8, 4) is 0 Å². The maximum absolute atomic E-state index is 4.94. The predicted molar refractivity (Wildman–Crippen MR) is 51.4 cm³/mol. The van der Waals surface area contributed by atoms with Gasteiger partial charge in [-0.05, 0) is 27.7 Å². The van der Waals surface area contributed by atoms with Crippen molar-refractivity contribution in [1.82, 2.24) is 0 Å². The molecule has 72 valence electrons. The molecule has 0 bridgehead atoms. The van der Waals surface area contributed by atoms with Crippen LogP contribution in [0.15, 0.2) is 11.1 Å². The summed E-state index contributed by atoms with van der Waals surface area (Å²) in [6.07, 6.45) is 0. The average molecular weight is 172 g/mol. The Morgan fingerprint density at radius 1 is 0.667 bits per heavy atom. The lowest BCUT2D eigenvalue weighted by Crippen LogP contribution is -2.16. The lowest BCUT2D eigenvalue weighted by Gasteiger charge is -2.09. The van der Waals surface area contributed by atoms with Gasteiger partial charge in [0.05, 0.1) is 26.4 Å². The third-order valence-corrected chi connectivity index (χ3v) is 1.74. The second-order valence-corrected chi connectivity index (χ2v) is 3.22. The van der Waals surface area contributed by atoms with E-state index < -0.39 is 0 Å². The number of hydrogen-bond donors (Lipinski definition) is 0. The molecule has 0 aliphatic carbocycles. The van der Waals surface area contributed by atoms with Crippen molar-refractivity contribution in [2.45, 2.75) is 27.7 Å². The molecule has 1 rings (SSSR count). The summed E-state index contributed by atoms with van der Waals surface area (Å²) in [7, 11) is 0. The quantitative estimate of drug-likeness (QED) is 0.522. The standard InChI is InChI=1S/C6H12.C4H8O2/c1-5(2)6(3)4;1-2-6-4-3-5-1/h1-4H3;1-4H2. The van der Waals surface area contributed by atoms with Crippen LogP contribution in [0.3, 0.4) is 0 Å². The lowest BCUT2D eigenvalue weighted by atomic mass is 10.2. The second-order valence-electron chi connectivity index (χ2n) is 3.22. The van der Waals surface area contributed by atoms with E-state index in [1.54, 1.807) is 0 Å². The summed E-state index contributed by atoms with van der Waals surface area (Å²) < 4.78 is 9.89. The van der Waals surface area contributed by atoms with Gasteiger partial charge in [0, 0.05) is 0 Å². The molecule has 1 aliphatic heterocycles. The van der Waals surface area contributed by atoms with E-state index in [0.29, 0.717) is 0 Å². The van der Waals surface area contributed by atoms with Gasteiger partial charge >= 0.3 is 0 Å². The van der Waals surface area contributed by atoms with Crippen LogP contribution in [0.25, 0.3) is 0 Å². The fraction of sp³-hybridized carbons (Fsp3) is 0.800. The minimum absolute atomic E-state index is 0.778. The maximum Gasteiger partial charge on any atom is 0.0701 e. The van der Waals surface area contributed by atoms with Crippen molar-refractivity contribution in [1.29, 1.82) is 0 Å². The smallest absolute Gasteiger partial charge is 0.0701 e. The van der Waals surface area contributed by atoms with Gasteiger partial charge in [-0.1, -0.05) is 11.1 Å². The first-order valence-corrected chi connectivity index (χ1v) is 4.40. The molecule has 0 aromatic rings. The topological polar surface area (TPSA) is 18.5 Å². The molecule has 0 aromatic heterocycles. The van der Waals surface area contributed by atoms with E-state index in [1.807, 2.05) is 0 Å². The van der Waals surface area contributed by atoms with Gasteiger partial charge in [-0.2, -0.15) is 0 Å². The van der Waals surface area contributed by atoms with Crippen LogP contribution in [-0.2, 0) is 9.47 Å². The van der Waals surface area contributed by atoms with Crippen molar-refractivity contribution in [3.63, 3.8) is 0 Å². The minimum Gasteiger partial charge on any atom is -0.377 e. The van der Waals surface area contributed by atoms with Gasteiger partial charge in [0.1, 0.15) is 0 Å². The summed E-state index contributed by atoms with van der Waals surface area (Å²) in [4.78, 5) is 0. The van der Waals surface area contributed by atoms with E-state index in [2.05, 4.69) is 27.7 Å². The second kappa shape index (κ2) is 7.32. The molecule has 1 heterocycles. The summed E-state index contributed by atoms with van der Waals surface area (Å²) in [5.74, 6) is 0. The largest absolute Gasteiger partial charge is 0.377 e. The number of ether oxygens (including phenoxy) is 2. The van der Waals surface area contributed by atoms with Crippen LogP contribution in [0.4, 0.5) is 0 Å². The molecule has 0 unspecified atom stereocenters. The Morgan fingerprint density at radius 3 is 1.00 bits per heavy atom. The zero-order chi connectivity index (χ0) is 9.40. The zero-order valence-corrected chi connectivity index (χ0v) is 8.64. The summed E-state index contributed by atoms with van der Waals surface area (Å²) >= 11 is 0. The number of rotatable bonds is 0. The van der Waals surface area contributed by atoms with Gasteiger partial charge in [0.25, 0.3) is 0 Å². The van der Waals surface area contributed by atoms with Gasteiger partial charge in [0.15, 0.2) is 0 Å². The van der Waals surface area contributed by atoms with E-state index >= 15 is 0 Å². The van der Waals surface area contributed by atoms with Crippen molar-refractivity contribution >= 4 is 0 Å². The highest BCUT2D eigenvalue weighted by Crippen LogP contribution is 1.97. The SMILES string of the molecule is C1COCCO1.CC(C)=C(C)C. The highest BCUT2D eigenvalue weighted by molar-refractivity contribution is 5.02. The van der Waals surface area contributed by atoms with E-state index in [0.717, 1.165) is 26.4 Å². The summed E-state index contributed by atoms with van der Waals surface area (Å²) in [6.45, 7) is 11.6. The van der Waals surface area contributed by atoms with Gasteiger partial charge in [-0.3, -0.25) is 0 Å². The molecule has 0 atom stereocenters. The third kappa shape index (κ3) is 7.76. The van der Waals surface area contributed by atoms with Crippen molar-refractivity contribution < 1.29 is 9.47 Å². The van der Waals surface area contributed by atoms with E-state index in [-0.39, 0.29) is 0 Å². The molecule has 0 aromatic carbocycles. The molecule has 0 spiro atoms. The monoisotopic (exact) mass is 172 g/mol. The van der Waals surface area contributed by atoms with E-state index in [4.69, 9.17) is 9.47 Å². The number of hydrogen-bond acceptors (Lipinski definition) is 2. The van der Waals surface area contributed by atoms with Crippen molar-refractivity contribution in [3.05, 3.63) is 11.1 Å². The molecular weight excluding hydrogens is 152 g/mol. The van der Waals surface area contributed by atoms with Gasteiger partial charge in [-0.15, -0.1) is 0 Å². The molecular formula is C10H20O2. The van der Waals surface area contributed by atoms with E-state index in [9.17, 15) is 0 Å². The Labute approximate surface area is 75.6 Å². The van der Waals surface area contributed by atoms with Gasteiger partial charge in [0.2, 0.25) is 0 Å². The normalized spacial score (nSPS) is 16.0. The van der Waals surface area contributed by atoms with Crippen LogP contribution in [0.1, 0.15) is 27.7 Å². The third-order valence-electron chi connectivity index (χ3n) is 1.74. The van der Waals surface area contributed by atoms with Crippen molar-refractivity contribution in [2.24, 2.45) is 0 Å². The average Bonchev–Trinajstić information content (AvgIpc) is 2.08. The highest BCUT2D eigenvalue weighted by atomic mass is 16.6. The first kappa shape index (κ1) is 11.7. The Kier molecular flexibility index (Phi) is 7.11. The van der Waals surface area contributed by atoms with Crippen LogP contribution < -0.4 is 0 Å². The predicted octanol–water partition coefficient (Wildman–Crippen LogP) is 2.40. The molecule has 2 heteroatoms. The van der Waals surface area contributed by atoms with Crippen LogP contribution in [0, 0.1) is 0 Å². The van der Waals surface area contributed by atoms with Crippen LogP contribution in [0.5, 0.6) is 0 Å². The minimum atomic E-state index is 0.778. The molecule has 0 amide bonds. The van der Waals surface area contributed by atoms with Crippen LogP contribution in [-0.4, -0.2) is 26.4 Å². The van der Waals surface area contributed by atoms with Gasteiger partial charge < -0.3 is 9.47 Å². The Hall–Kier alpha value is -0.340.